The molecule has 0 aliphatic heterocycles. The molecule has 0 radical (unpaired) electrons. The fourth-order valence-electron chi connectivity index (χ4n) is 2.68. The lowest BCUT2D eigenvalue weighted by Gasteiger charge is -2.26. The molecule has 1 aromatic rings. The second kappa shape index (κ2) is 4.30. The zero-order chi connectivity index (χ0) is 12.6. The molecule has 3 heteroatoms. The van der Waals surface area contributed by atoms with Gasteiger partial charge in [0.2, 0.25) is 0 Å². The lowest BCUT2D eigenvalue weighted by molar-refractivity contribution is 0.518. The SMILES string of the molecule is CCn1c2c(cc(C(C)(C)N)c1=O)CCCC2. The van der Waals surface area contributed by atoms with Crippen LogP contribution in [0.15, 0.2) is 10.9 Å². The molecule has 0 spiro atoms. The van der Waals surface area contributed by atoms with Crippen LogP contribution in [-0.4, -0.2) is 4.57 Å². The molecule has 1 heterocycles. The quantitative estimate of drug-likeness (QED) is 0.850. The van der Waals surface area contributed by atoms with Crippen LogP contribution in [0.3, 0.4) is 0 Å². The highest BCUT2D eigenvalue weighted by atomic mass is 16.1. The van der Waals surface area contributed by atoms with Crippen LogP contribution in [0.2, 0.25) is 0 Å². The Balaban J connectivity index is 2.69. The summed E-state index contributed by atoms with van der Waals surface area (Å²) in [5.41, 5.74) is 8.95. The maximum Gasteiger partial charge on any atom is 0.255 e. The average molecular weight is 234 g/mol. The highest BCUT2D eigenvalue weighted by Crippen LogP contribution is 2.23. The summed E-state index contributed by atoms with van der Waals surface area (Å²) in [6, 6.07) is 2.04. The third-order valence-corrected chi connectivity index (χ3v) is 3.61. The van der Waals surface area contributed by atoms with Gasteiger partial charge in [-0.2, -0.15) is 0 Å². The van der Waals surface area contributed by atoms with Crippen LogP contribution < -0.4 is 11.3 Å². The summed E-state index contributed by atoms with van der Waals surface area (Å²) in [5, 5.41) is 0. The average Bonchev–Trinajstić information content (AvgIpc) is 2.27. The smallest absolute Gasteiger partial charge is 0.255 e. The summed E-state index contributed by atoms with van der Waals surface area (Å²) in [5.74, 6) is 0. The van der Waals surface area contributed by atoms with Gasteiger partial charge in [0.05, 0.1) is 0 Å². The normalized spacial score (nSPS) is 15.8. The van der Waals surface area contributed by atoms with Crippen molar-refractivity contribution in [3.8, 4) is 0 Å². The van der Waals surface area contributed by atoms with Gasteiger partial charge in [0, 0.05) is 23.3 Å². The molecular formula is C14H22N2O. The minimum atomic E-state index is -0.555. The fourth-order valence-corrected chi connectivity index (χ4v) is 2.68. The Morgan fingerprint density at radius 2 is 2.00 bits per heavy atom. The summed E-state index contributed by atoms with van der Waals surface area (Å²) in [4.78, 5) is 12.4. The summed E-state index contributed by atoms with van der Waals surface area (Å²) in [6.07, 6.45) is 4.53. The van der Waals surface area contributed by atoms with E-state index in [0.29, 0.717) is 0 Å². The first kappa shape index (κ1) is 12.4. The van der Waals surface area contributed by atoms with Gasteiger partial charge in [0.25, 0.3) is 5.56 Å². The van der Waals surface area contributed by atoms with Crippen LogP contribution in [0.25, 0.3) is 0 Å². The van der Waals surface area contributed by atoms with Crippen molar-refractivity contribution in [1.82, 2.24) is 4.57 Å². The fraction of sp³-hybridized carbons (Fsp3) is 0.643. The van der Waals surface area contributed by atoms with Crippen LogP contribution in [0.1, 0.15) is 50.4 Å². The largest absolute Gasteiger partial charge is 0.322 e. The molecule has 0 saturated heterocycles. The zero-order valence-electron chi connectivity index (χ0n) is 11.0. The third kappa shape index (κ3) is 2.16. The van der Waals surface area contributed by atoms with Crippen molar-refractivity contribution in [2.24, 2.45) is 5.73 Å². The van der Waals surface area contributed by atoms with Gasteiger partial charge in [-0.05, 0) is 58.1 Å². The van der Waals surface area contributed by atoms with Crippen molar-refractivity contribution in [3.63, 3.8) is 0 Å². The van der Waals surface area contributed by atoms with Gasteiger partial charge in [-0.3, -0.25) is 4.79 Å². The minimum Gasteiger partial charge on any atom is -0.322 e. The number of hydrogen-bond acceptors (Lipinski definition) is 2. The molecule has 0 fully saturated rings. The molecule has 2 N–H and O–H groups in total. The molecule has 3 nitrogen and oxygen atoms in total. The summed E-state index contributed by atoms with van der Waals surface area (Å²) in [7, 11) is 0. The van der Waals surface area contributed by atoms with E-state index in [1.165, 1.54) is 24.1 Å². The molecule has 1 aliphatic carbocycles. The first-order chi connectivity index (χ1) is 7.95. The molecule has 0 saturated carbocycles. The first-order valence-electron chi connectivity index (χ1n) is 6.50. The predicted molar refractivity (Wildman–Crippen MR) is 70.2 cm³/mol. The van der Waals surface area contributed by atoms with Crippen molar-refractivity contribution in [1.29, 1.82) is 0 Å². The van der Waals surface area contributed by atoms with Crippen LogP contribution in [-0.2, 0) is 24.9 Å². The number of nitrogens with two attached hydrogens (primary N) is 1. The Labute approximate surface area is 103 Å². The van der Waals surface area contributed by atoms with Gasteiger partial charge in [0.1, 0.15) is 0 Å². The number of aryl methyl sites for hydroxylation is 1. The van der Waals surface area contributed by atoms with Crippen LogP contribution in [0, 0.1) is 0 Å². The van der Waals surface area contributed by atoms with E-state index < -0.39 is 5.54 Å². The molecule has 1 aliphatic rings. The summed E-state index contributed by atoms with van der Waals surface area (Å²) in [6.45, 7) is 6.58. The van der Waals surface area contributed by atoms with E-state index >= 15 is 0 Å². The van der Waals surface area contributed by atoms with Gasteiger partial charge >= 0.3 is 0 Å². The van der Waals surface area contributed by atoms with E-state index in [1.54, 1.807) is 0 Å². The van der Waals surface area contributed by atoms with E-state index in [1.807, 2.05) is 31.4 Å². The Kier molecular flexibility index (Phi) is 3.13. The molecular weight excluding hydrogens is 212 g/mol. The van der Waals surface area contributed by atoms with E-state index in [0.717, 1.165) is 24.9 Å². The van der Waals surface area contributed by atoms with Gasteiger partial charge in [-0.15, -0.1) is 0 Å². The zero-order valence-corrected chi connectivity index (χ0v) is 11.0. The lowest BCUT2D eigenvalue weighted by Crippen LogP contribution is -2.39. The Hall–Kier alpha value is -1.09. The number of rotatable bonds is 2. The van der Waals surface area contributed by atoms with E-state index in [-0.39, 0.29) is 5.56 Å². The highest BCUT2D eigenvalue weighted by molar-refractivity contribution is 5.32. The Bertz CT molecular complexity index is 480. The molecule has 0 aromatic carbocycles. The minimum absolute atomic E-state index is 0.0978. The molecule has 0 unspecified atom stereocenters. The number of hydrogen-bond donors (Lipinski definition) is 1. The summed E-state index contributed by atoms with van der Waals surface area (Å²) < 4.78 is 1.92. The van der Waals surface area contributed by atoms with Crippen LogP contribution >= 0.6 is 0 Å². The van der Waals surface area contributed by atoms with E-state index in [9.17, 15) is 4.79 Å². The van der Waals surface area contributed by atoms with Crippen LogP contribution in [0.5, 0.6) is 0 Å². The molecule has 2 rings (SSSR count). The van der Waals surface area contributed by atoms with E-state index in [2.05, 4.69) is 0 Å². The molecule has 0 bridgehead atoms. The Morgan fingerprint density at radius 1 is 1.35 bits per heavy atom. The number of fused-ring (bicyclic) bond motifs is 1. The maximum absolute atomic E-state index is 12.4. The van der Waals surface area contributed by atoms with Crippen LogP contribution in [0.4, 0.5) is 0 Å². The lowest BCUT2D eigenvalue weighted by atomic mass is 9.89. The second-order valence-corrected chi connectivity index (χ2v) is 5.51. The van der Waals surface area contributed by atoms with E-state index in [4.69, 9.17) is 5.73 Å². The topological polar surface area (TPSA) is 48.0 Å². The first-order valence-corrected chi connectivity index (χ1v) is 6.50. The molecule has 17 heavy (non-hydrogen) atoms. The van der Waals surface area contributed by atoms with Crippen molar-refractivity contribution < 1.29 is 0 Å². The van der Waals surface area contributed by atoms with Crippen molar-refractivity contribution in [3.05, 3.63) is 33.2 Å². The molecule has 94 valence electrons. The number of pyridine rings is 1. The van der Waals surface area contributed by atoms with Gasteiger partial charge in [-0.1, -0.05) is 0 Å². The monoisotopic (exact) mass is 234 g/mol. The van der Waals surface area contributed by atoms with Gasteiger partial charge in [0.15, 0.2) is 0 Å². The van der Waals surface area contributed by atoms with Crippen molar-refractivity contribution in [2.45, 2.75) is 58.5 Å². The standard InChI is InChI=1S/C14H22N2O/c1-4-16-12-8-6-5-7-10(12)9-11(13(16)17)14(2,3)15/h9H,4-8,15H2,1-3H3. The second-order valence-electron chi connectivity index (χ2n) is 5.51. The van der Waals surface area contributed by atoms with Crippen molar-refractivity contribution >= 4 is 0 Å². The number of aromatic nitrogens is 1. The Morgan fingerprint density at radius 3 is 2.59 bits per heavy atom. The molecule has 0 amide bonds. The molecule has 0 atom stereocenters. The number of nitrogens with zero attached hydrogens (tertiary/aromatic N) is 1. The van der Waals surface area contributed by atoms with Gasteiger partial charge in [-0.25, -0.2) is 0 Å². The molecule has 1 aromatic heterocycles. The van der Waals surface area contributed by atoms with Gasteiger partial charge < -0.3 is 10.3 Å². The summed E-state index contributed by atoms with van der Waals surface area (Å²) >= 11 is 0. The highest BCUT2D eigenvalue weighted by Gasteiger charge is 2.23. The van der Waals surface area contributed by atoms with Crippen molar-refractivity contribution in [2.75, 3.05) is 0 Å². The predicted octanol–water partition coefficient (Wildman–Crippen LogP) is 1.94. The maximum atomic E-state index is 12.4. The third-order valence-electron chi connectivity index (χ3n) is 3.61.